The normalized spacial score (nSPS) is 12.2. The molecule has 1 atom stereocenters. The van der Waals surface area contributed by atoms with Crippen LogP contribution < -0.4 is 0 Å². The summed E-state index contributed by atoms with van der Waals surface area (Å²) in [5.41, 5.74) is 0. The van der Waals surface area contributed by atoms with Crippen LogP contribution in [0.1, 0.15) is 355 Å². The third-order valence-electron chi connectivity index (χ3n) is 14.6. The zero-order chi connectivity index (χ0) is 52.9. The molecule has 0 aromatic carbocycles. The van der Waals surface area contributed by atoms with Gasteiger partial charge in [0, 0.05) is 19.3 Å². The monoisotopic (exact) mass is 1020 g/mol. The second-order valence-electron chi connectivity index (χ2n) is 22.0. The van der Waals surface area contributed by atoms with Crippen LogP contribution >= 0.6 is 0 Å². The molecular weight excluding hydrogens is 901 g/mol. The van der Waals surface area contributed by atoms with Gasteiger partial charge in [-0.2, -0.15) is 0 Å². The number of hydrogen-bond donors (Lipinski definition) is 0. The van der Waals surface area contributed by atoms with E-state index >= 15 is 0 Å². The number of carbonyl (C=O) groups excluding carboxylic acids is 3. The van der Waals surface area contributed by atoms with E-state index in [-0.39, 0.29) is 31.1 Å². The largest absolute Gasteiger partial charge is 0.462 e. The van der Waals surface area contributed by atoms with E-state index in [0.29, 0.717) is 19.3 Å². The van der Waals surface area contributed by atoms with E-state index < -0.39 is 6.10 Å². The van der Waals surface area contributed by atoms with Gasteiger partial charge in [-0.3, -0.25) is 14.4 Å². The van der Waals surface area contributed by atoms with Crippen LogP contribution in [-0.2, 0) is 28.6 Å². The first kappa shape index (κ1) is 70.6. The summed E-state index contributed by atoms with van der Waals surface area (Å²) in [6.45, 7) is 6.67. The van der Waals surface area contributed by atoms with E-state index in [1.807, 2.05) is 0 Å². The SMILES string of the molecule is CCCCCC/C=C\C/C=C\CCCCCCCCCC(=O)OC(COC(=O)CCCCCCCCCCCCCC)COC(=O)CCCCCCCCCCCCCCC/C=C\CCCCCCCCCC. The van der Waals surface area contributed by atoms with Crippen LogP contribution in [0.4, 0.5) is 0 Å². The molecule has 0 heterocycles. The van der Waals surface area contributed by atoms with Crippen LogP contribution in [0.3, 0.4) is 0 Å². The fourth-order valence-corrected chi connectivity index (χ4v) is 9.71. The van der Waals surface area contributed by atoms with E-state index in [1.165, 1.54) is 244 Å². The summed E-state index contributed by atoms with van der Waals surface area (Å²) in [5, 5.41) is 0. The molecule has 6 heteroatoms. The quantitative estimate of drug-likeness (QED) is 0.0261. The second kappa shape index (κ2) is 62.2. The van der Waals surface area contributed by atoms with Crippen LogP contribution in [0, 0.1) is 0 Å². The topological polar surface area (TPSA) is 78.9 Å². The molecule has 0 aromatic heterocycles. The maximum atomic E-state index is 12.9. The van der Waals surface area contributed by atoms with Gasteiger partial charge in [0.05, 0.1) is 0 Å². The average Bonchev–Trinajstić information content (AvgIpc) is 3.39. The van der Waals surface area contributed by atoms with Gasteiger partial charge in [0.15, 0.2) is 6.10 Å². The summed E-state index contributed by atoms with van der Waals surface area (Å²) in [5.74, 6) is -0.857. The van der Waals surface area contributed by atoms with Crippen LogP contribution in [-0.4, -0.2) is 37.2 Å². The first-order chi connectivity index (χ1) is 36.0. The van der Waals surface area contributed by atoms with Gasteiger partial charge >= 0.3 is 17.9 Å². The molecule has 0 bridgehead atoms. The summed E-state index contributed by atoms with van der Waals surface area (Å²) in [6.07, 6.45) is 75.8. The lowest BCUT2D eigenvalue weighted by atomic mass is 10.0. The maximum Gasteiger partial charge on any atom is 0.306 e. The average molecular weight is 1030 g/mol. The standard InChI is InChI=1S/C67H124O6/c1-4-7-10-13-16-19-22-25-27-29-31-32-33-34-35-36-37-39-40-42-45-48-51-54-57-60-66(69)72-63-64(62-71-65(68)59-56-53-50-47-44-24-21-18-15-12-9-6-3)73-67(70)61-58-55-52-49-46-43-41-38-30-28-26-23-20-17-14-11-8-5-2/h20,23,28-31,64H,4-19,21-22,24-27,32-63H2,1-3H3/b23-20-,30-28-,31-29-. The zero-order valence-corrected chi connectivity index (χ0v) is 49.2. The molecule has 0 aliphatic heterocycles. The molecule has 0 saturated heterocycles. The highest BCUT2D eigenvalue weighted by Crippen LogP contribution is 2.17. The van der Waals surface area contributed by atoms with Gasteiger partial charge in [0.2, 0.25) is 0 Å². The fourth-order valence-electron chi connectivity index (χ4n) is 9.71. The van der Waals surface area contributed by atoms with Crippen molar-refractivity contribution < 1.29 is 28.6 Å². The molecule has 1 unspecified atom stereocenters. The summed E-state index contributed by atoms with van der Waals surface area (Å²) in [6, 6.07) is 0. The van der Waals surface area contributed by atoms with E-state index in [0.717, 1.165) is 70.6 Å². The Hall–Kier alpha value is -2.37. The van der Waals surface area contributed by atoms with E-state index in [9.17, 15) is 14.4 Å². The molecule has 0 fully saturated rings. The minimum Gasteiger partial charge on any atom is -0.462 e. The molecule has 6 nitrogen and oxygen atoms in total. The van der Waals surface area contributed by atoms with Crippen LogP contribution in [0.25, 0.3) is 0 Å². The molecule has 0 saturated carbocycles. The Labute approximate surface area is 455 Å². The number of ether oxygens (including phenoxy) is 3. The molecule has 0 aromatic rings. The molecular formula is C67H124O6. The smallest absolute Gasteiger partial charge is 0.306 e. The van der Waals surface area contributed by atoms with E-state index in [1.54, 1.807) is 0 Å². The van der Waals surface area contributed by atoms with Crippen LogP contribution in [0.2, 0.25) is 0 Å². The van der Waals surface area contributed by atoms with Crippen molar-refractivity contribution in [3.8, 4) is 0 Å². The van der Waals surface area contributed by atoms with Gasteiger partial charge in [-0.05, 0) is 77.0 Å². The summed E-state index contributed by atoms with van der Waals surface area (Å²) < 4.78 is 16.9. The van der Waals surface area contributed by atoms with Gasteiger partial charge < -0.3 is 14.2 Å². The number of unbranched alkanes of at least 4 members (excludes halogenated alkanes) is 43. The Bertz CT molecular complexity index is 1220. The maximum absolute atomic E-state index is 12.9. The summed E-state index contributed by atoms with van der Waals surface area (Å²) in [7, 11) is 0. The molecule has 0 radical (unpaired) electrons. The minimum atomic E-state index is -0.774. The zero-order valence-electron chi connectivity index (χ0n) is 49.2. The number of carbonyl (C=O) groups is 3. The van der Waals surface area contributed by atoms with Crippen LogP contribution in [0.15, 0.2) is 36.5 Å². The second-order valence-corrected chi connectivity index (χ2v) is 22.0. The van der Waals surface area contributed by atoms with E-state index in [2.05, 4.69) is 57.2 Å². The molecule has 0 amide bonds. The van der Waals surface area contributed by atoms with Gasteiger partial charge in [-0.1, -0.05) is 295 Å². The first-order valence-electron chi connectivity index (χ1n) is 32.5. The van der Waals surface area contributed by atoms with Gasteiger partial charge in [0.1, 0.15) is 13.2 Å². The molecule has 73 heavy (non-hydrogen) atoms. The van der Waals surface area contributed by atoms with Crippen molar-refractivity contribution in [2.45, 2.75) is 361 Å². The number of esters is 3. The van der Waals surface area contributed by atoms with Gasteiger partial charge in [-0.15, -0.1) is 0 Å². The predicted molar refractivity (Wildman–Crippen MR) is 316 cm³/mol. The van der Waals surface area contributed by atoms with Crippen molar-refractivity contribution >= 4 is 17.9 Å². The highest BCUT2D eigenvalue weighted by molar-refractivity contribution is 5.71. The number of allylic oxidation sites excluding steroid dienone is 6. The van der Waals surface area contributed by atoms with Crippen molar-refractivity contribution in [3.05, 3.63) is 36.5 Å². The highest BCUT2D eigenvalue weighted by Gasteiger charge is 2.19. The molecule has 428 valence electrons. The first-order valence-corrected chi connectivity index (χ1v) is 32.5. The lowest BCUT2D eigenvalue weighted by Crippen LogP contribution is -2.30. The van der Waals surface area contributed by atoms with Crippen molar-refractivity contribution in [2.75, 3.05) is 13.2 Å². The van der Waals surface area contributed by atoms with Crippen LogP contribution in [0.5, 0.6) is 0 Å². The molecule has 0 rings (SSSR count). The van der Waals surface area contributed by atoms with Gasteiger partial charge in [0.25, 0.3) is 0 Å². The Kier molecular flexibility index (Phi) is 60.2. The van der Waals surface area contributed by atoms with Gasteiger partial charge in [-0.25, -0.2) is 0 Å². The van der Waals surface area contributed by atoms with Crippen molar-refractivity contribution in [1.29, 1.82) is 0 Å². The van der Waals surface area contributed by atoms with Crippen molar-refractivity contribution in [2.24, 2.45) is 0 Å². The number of hydrogen-bond acceptors (Lipinski definition) is 6. The summed E-state index contributed by atoms with van der Waals surface area (Å²) >= 11 is 0. The Morgan fingerprint density at radius 2 is 0.493 bits per heavy atom. The van der Waals surface area contributed by atoms with E-state index in [4.69, 9.17) is 14.2 Å². The highest BCUT2D eigenvalue weighted by atomic mass is 16.6. The molecule has 0 aliphatic rings. The minimum absolute atomic E-state index is 0.0710. The van der Waals surface area contributed by atoms with Crippen molar-refractivity contribution in [1.82, 2.24) is 0 Å². The third-order valence-corrected chi connectivity index (χ3v) is 14.6. The Morgan fingerprint density at radius 3 is 0.781 bits per heavy atom. The molecule has 0 N–H and O–H groups in total. The lowest BCUT2D eigenvalue weighted by molar-refractivity contribution is -0.167. The molecule has 0 aliphatic carbocycles. The predicted octanol–water partition coefficient (Wildman–Crippen LogP) is 22.0. The number of rotatable bonds is 60. The summed E-state index contributed by atoms with van der Waals surface area (Å²) in [4.78, 5) is 38.3. The fraction of sp³-hybridized carbons (Fsp3) is 0.866. The van der Waals surface area contributed by atoms with Crippen molar-refractivity contribution in [3.63, 3.8) is 0 Å². The Balaban J connectivity index is 4.24. The lowest BCUT2D eigenvalue weighted by Gasteiger charge is -2.18. The Morgan fingerprint density at radius 1 is 0.274 bits per heavy atom. The molecule has 0 spiro atoms. The third kappa shape index (κ3) is 60.4.